The predicted octanol–water partition coefficient (Wildman–Crippen LogP) is 4.86. The number of anilines is 1. The van der Waals surface area contributed by atoms with Crippen molar-refractivity contribution in [2.24, 2.45) is 0 Å². The van der Waals surface area contributed by atoms with Crippen molar-refractivity contribution in [3.8, 4) is 11.4 Å². The van der Waals surface area contributed by atoms with E-state index in [-0.39, 0.29) is 22.2 Å². The first kappa shape index (κ1) is 22.4. The van der Waals surface area contributed by atoms with E-state index in [1.165, 1.54) is 47.0 Å². The number of alkyl halides is 2. The molecule has 0 atom stereocenters. The molecule has 0 radical (unpaired) electrons. The second kappa shape index (κ2) is 9.78. The van der Waals surface area contributed by atoms with E-state index in [4.69, 9.17) is 0 Å². The fraction of sp³-hybridized carbons (Fsp3) is 0.0870. The van der Waals surface area contributed by atoms with Gasteiger partial charge in [-0.2, -0.15) is 8.78 Å². The quantitative estimate of drug-likeness (QED) is 0.308. The number of aromatic nitrogens is 2. The Kier molecular flexibility index (Phi) is 6.64. The predicted molar refractivity (Wildman–Crippen MR) is 120 cm³/mol. The summed E-state index contributed by atoms with van der Waals surface area (Å²) in [5.41, 5.74) is 0.743. The molecular formula is C23H16F3N3O3S. The molecule has 33 heavy (non-hydrogen) atoms. The largest absolute Gasteiger partial charge is 0.435 e. The minimum atomic E-state index is -2.97. The van der Waals surface area contributed by atoms with Crippen LogP contribution in [0.15, 0.2) is 82.7 Å². The van der Waals surface area contributed by atoms with Gasteiger partial charge in [0.05, 0.1) is 22.3 Å². The van der Waals surface area contributed by atoms with Crippen molar-refractivity contribution >= 4 is 34.3 Å². The fourth-order valence-electron chi connectivity index (χ4n) is 3.11. The van der Waals surface area contributed by atoms with Crippen LogP contribution in [0.3, 0.4) is 0 Å². The molecule has 168 valence electrons. The van der Waals surface area contributed by atoms with E-state index in [1.807, 2.05) is 0 Å². The molecular weight excluding hydrogens is 455 g/mol. The maximum atomic E-state index is 13.3. The standard InChI is InChI=1S/C23H16F3N3O3S/c24-14-4-3-5-15(12-14)27-20(30)13-33-23-28-19-7-2-1-6-18(19)21(31)29(23)16-8-10-17(11-9-16)32-22(25)26/h1-12,22H,13H2,(H,27,30). The smallest absolute Gasteiger partial charge is 0.387 e. The Bertz CT molecular complexity index is 1360. The Hall–Kier alpha value is -3.79. The van der Waals surface area contributed by atoms with Crippen LogP contribution in [0, 0.1) is 5.82 Å². The first-order valence-corrected chi connectivity index (χ1v) is 10.6. The summed E-state index contributed by atoms with van der Waals surface area (Å²) in [5, 5.41) is 3.18. The van der Waals surface area contributed by atoms with Crippen LogP contribution in [0.4, 0.5) is 18.9 Å². The zero-order chi connectivity index (χ0) is 23.4. The van der Waals surface area contributed by atoms with Gasteiger partial charge in [0.15, 0.2) is 5.16 Å². The summed E-state index contributed by atoms with van der Waals surface area (Å²) in [4.78, 5) is 30.1. The van der Waals surface area contributed by atoms with Crippen LogP contribution in [-0.2, 0) is 4.79 Å². The number of rotatable bonds is 7. The van der Waals surface area contributed by atoms with Crippen LogP contribution < -0.4 is 15.6 Å². The van der Waals surface area contributed by atoms with E-state index in [1.54, 1.807) is 30.3 Å². The molecule has 4 rings (SSSR count). The van der Waals surface area contributed by atoms with E-state index in [9.17, 15) is 22.8 Å². The number of para-hydroxylation sites is 1. The highest BCUT2D eigenvalue weighted by Gasteiger charge is 2.15. The number of ether oxygens (including phenoxy) is 1. The van der Waals surface area contributed by atoms with Gasteiger partial charge in [0.1, 0.15) is 11.6 Å². The summed E-state index contributed by atoms with van der Waals surface area (Å²) in [6.07, 6.45) is 0. The number of nitrogens with zero attached hydrogens (tertiary/aromatic N) is 2. The Morgan fingerprint density at radius 1 is 1.06 bits per heavy atom. The summed E-state index contributed by atoms with van der Waals surface area (Å²) in [6.45, 7) is -2.97. The van der Waals surface area contributed by atoms with E-state index in [2.05, 4.69) is 15.0 Å². The van der Waals surface area contributed by atoms with Crippen LogP contribution in [0.2, 0.25) is 0 Å². The van der Waals surface area contributed by atoms with Crippen LogP contribution in [0.1, 0.15) is 0 Å². The molecule has 1 aromatic heterocycles. The average molecular weight is 471 g/mol. The SMILES string of the molecule is O=C(CSc1nc2ccccc2c(=O)n1-c1ccc(OC(F)F)cc1)Nc1cccc(F)c1. The van der Waals surface area contributed by atoms with Gasteiger partial charge in [-0.1, -0.05) is 30.0 Å². The lowest BCUT2D eigenvalue weighted by Gasteiger charge is -2.14. The van der Waals surface area contributed by atoms with E-state index < -0.39 is 18.3 Å². The number of thioether (sulfide) groups is 1. The Balaban J connectivity index is 1.65. The molecule has 0 fully saturated rings. The average Bonchev–Trinajstić information content (AvgIpc) is 2.78. The zero-order valence-corrected chi connectivity index (χ0v) is 17.7. The molecule has 3 aromatic carbocycles. The summed E-state index contributed by atoms with van der Waals surface area (Å²) >= 11 is 1.01. The fourth-order valence-corrected chi connectivity index (χ4v) is 3.92. The first-order valence-electron chi connectivity index (χ1n) is 9.66. The molecule has 10 heteroatoms. The third-order valence-corrected chi connectivity index (χ3v) is 5.44. The Labute approximate surface area is 190 Å². The van der Waals surface area contributed by atoms with E-state index in [0.29, 0.717) is 22.3 Å². The molecule has 0 spiro atoms. The normalized spacial score (nSPS) is 11.0. The van der Waals surface area contributed by atoms with Crippen LogP contribution in [0.5, 0.6) is 5.75 Å². The molecule has 6 nitrogen and oxygen atoms in total. The van der Waals surface area contributed by atoms with Crippen molar-refractivity contribution in [3.63, 3.8) is 0 Å². The van der Waals surface area contributed by atoms with Gasteiger partial charge in [0.25, 0.3) is 5.56 Å². The number of fused-ring (bicyclic) bond motifs is 1. The number of amides is 1. The van der Waals surface area contributed by atoms with Gasteiger partial charge in [0, 0.05) is 5.69 Å². The highest BCUT2D eigenvalue weighted by atomic mass is 32.2. The number of hydrogen-bond acceptors (Lipinski definition) is 5. The molecule has 4 aromatic rings. The van der Waals surface area contributed by atoms with Crippen molar-refractivity contribution in [1.29, 1.82) is 0 Å². The van der Waals surface area contributed by atoms with Gasteiger partial charge in [0.2, 0.25) is 5.91 Å². The summed E-state index contributed by atoms with van der Waals surface area (Å²) in [5.74, 6) is -1.06. The summed E-state index contributed by atoms with van der Waals surface area (Å²) in [6, 6.07) is 17.8. The van der Waals surface area contributed by atoms with Crippen molar-refractivity contribution in [3.05, 3.63) is 89.0 Å². The van der Waals surface area contributed by atoms with Crippen molar-refractivity contribution in [1.82, 2.24) is 9.55 Å². The van der Waals surface area contributed by atoms with Crippen molar-refractivity contribution < 1.29 is 22.7 Å². The maximum Gasteiger partial charge on any atom is 0.387 e. The number of halogens is 3. The number of benzene rings is 3. The Morgan fingerprint density at radius 3 is 2.55 bits per heavy atom. The van der Waals surface area contributed by atoms with Crippen molar-refractivity contribution in [2.75, 3.05) is 11.1 Å². The van der Waals surface area contributed by atoms with Gasteiger partial charge in [-0.15, -0.1) is 0 Å². The maximum absolute atomic E-state index is 13.3. The van der Waals surface area contributed by atoms with Crippen LogP contribution in [-0.4, -0.2) is 27.8 Å². The molecule has 1 N–H and O–H groups in total. The number of carbonyl (C=O) groups excluding carboxylic acids is 1. The van der Waals surface area contributed by atoms with Gasteiger partial charge in [-0.25, -0.2) is 9.37 Å². The second-order valence-electron chi connectivity index (χ2n) is 6.77. The second-order valence-corrected chi connectivity index (χ2v) is 7.71. The topological polar surface area (TPSA) is 73.2 Å². The third kappa shape index (κ3) is 5.35. The van der Waals surface area contributed by atoms with E-state index >= 15 is 0 Å². The molecule has 1 amide bonds. The summed E-state index contributed by atoms with van der Waals surface area (Å²) in [7, 11) is 0. The van der Waals surface area contributed by atoms with Crippen molar-refractivity contribution in [2.45, 2.75) is 11.8 Å². The van der Waals surface area contributed by atoms with Crippen LogP contribution in [0.25, 0.3) is 16.6 Å². The number of nitrogens with one attached hydrogen (secondary N) is 1. The lowest BCUT2D eigenvalue weighted by atomic mass is 10.2. The molecule has 0 saturated carbocycles. The zero-order valence-electron chi connectivity index (χ0n) is 16.9. The van der Waals surface area contributed by atoms with Gasteiger partial charge in [-0.3, -0.25) is 14.2 Å². The highest BCUT2D eigenvalue weighted by molar-refractivity contribution is 7.99. The lowest BCUT2D eigenvalue weighted by molar-refractivity contribution is -0.113. The van der Waals surface area contributed by atoms with Crippen LogP contribution >= 0.6 is 11.8 Å². The lowest BCUT2D eigenvalue weighted by Crippen LogP contribution is -2.23. The molecule has 1 heterocycles. The van der Waals surface area contributed by atoms with E-state index in [0.717, 1.165) is 11.8 Å². The minimum absolute atomic E-state index is 0.0563. The van der Waals surface area contributed by atoms with Gasteiger partial charge in [-0.05, 0) is 54.6 Å². The first-order chi connectivity index (χ1) is 15.9. The molecule has 0 aliphatic heterocycles. The molecule has 0 unspecified atom stereocenters. The highest BCUT2D eigenvalue weighted by Crippen LogP contribution is 2.24. The van der Waals surface area contributed by atoms with Gasteiger partial charge < -0.3 is 10.1 Å². The monoisotopic (exact) mass is 471 g/mol. The molecule has 0 aliphatic rings. The van der Waals surface area contributed by atoms with Gasteiger partial charge >= 0.3 is 6.61 Å². The third-order valence-electron chi connectivity index (χ3n) is 4.51. The number of hydrogen-bond donors (Lipinski definition) is 1. The minimum Gasteiger partial charge on any atom is -0.435 e. The molecule has 0 bridgehead atoms. The Morgan fingerprint density at radius 2 is 1.82 bits per heavy atom. The molecule has 0 aliphatic carbocycles. The summed E-state index contributed by atoms with van der Waals surface area (Å²) < 4.78 is 43.9. The number of carbonyl (C=O) groups is 1. The molecule has 0 saturated heterocycles.